The van der Waals surface area contributed by atoms with E-state index in [9.17, 15) is 20.4 Å². The van der Waals surface area contributed by atoms with Gasteiger partial charge in [0.15, 0.2) is 6.23 Å². The van der Waals surface area contributed by atoms with Crippen molar-refractivity contribution >= 4 is 23.1 Å². The standard InChI is InChI=1S/C15H17NO5S/c17-7-10-12(18)13(19)14(20)15(21-10)16-6-5-11(22)8-3-1-2-4-9(8)16/h1-6,10,12-15,17-20H,7H2/t10-,12-,13+,14-,15?/m1/s1. The van der Waals surface area contributed by atoms with E-state index in [1.165, 1.54) is 0 Å². The maximum Gasteiger partial charge on any atom is 0.163 e. The number of aliphatic hydroxyl groups is 4. The number of benzene rings is 1. The molecule has 0 amide bonds. The highest BCUT2D eigenvalue weighted by Crippen LogP contribution is 2.31. The SMILES string of the molecule is OC[C@H]1OC(n2ccc(=S)c3ccccc32)[C@H](O)[C@@H](O)[C@@H]1O. The van der Waals surface area contributed by atoms with Gasteiger partial charge in [0.2, 0.25) is 0 Å². The first kappa shape index (κ1) is 15.5. The highest BCUT2D eigenvalue weighted by molar-refractivity contribution is 7.71. The van der Waals surface area contributed by atoms with Crippen LogP contribution < -0.4 is 0 Å². The molecule has 4 N–H and O–H groups in total. The summed E-state index contributed by atoms with van der Waals surface area (Å²) in [6.45, 7) is -0.459. The van der Waals surface area contributed by atoms with Crippen LogP contribution in [0.15, 0.2) is 36.5 Å². The van der Waals surface area contributed by atoms with Crippen LogP contribution in [0.1, 0.15) is 6.23 Å². The zero-order valence-corrected chi connectivity index (χ0v) is 12.4. The summed E-state index contributed by atoms with van der Waals surface area (Å²) in [5, 5.41) is 40.1. The second-order valence-corrected chi connectivity index (χ2v) is 5.76. The number of fused-ring (bicyclic) bond motifs is 1. The van der Waals surface area contributed by atoms with Crippen molar-refractivity contribution in [1.82, 2.24) is 4.57 Å². The average Bonchev–Trinajstić information content (AvgIpc) is 2.54. The second kappa shape index (κ2) is 6.04. The van der Waals surface area contributed by atoms with E-state index in [0.29, 0.717) is 4.51 Å². The summed E-state index contributed by atoms with van der Waals surface area (Å²) in [7, 11) is 0. The van der Waals surface area contributed by atoms with Crippen LogP contribution in [0.25, 0.3) is 10.9 Å². The summed E-state index contributed by atoms with van der Waals surface area (Å²) in [5.41, 5.74) is 0.735. The van der Waals surface area contributed by atoms with Crippen LogP contribution in [0.3, 0.4) is 0 Å². The van der Waals surface area contributed by atoms with E-state index in [4.69, 9.17) is 17.0 Å². The lowest BCUT2D eigenvalue weighted by Gasteiger charge is -2.41. The van der Waals surface area contributed by atoms with E-state index in [1.54, 1.807) is 16.8 Å². The fourth-order valence-electron chi connectivity index (χ4n) is 2.76. The van der Waals surface area contributed by atoms with Crippen molar-refractivity contribution in [2.24, 2.45) is 0 Å². The predicted octanol–water partition coefficient (Wildman–Crippen LogP) is 0.343. The first-order valence-corrected chi connectivity index (χ1v) is 7.36. The summed E-state index contributed by atoms with van der Waals surface area (Å²) >= 11 is 5.29. The zero-order valence-electron chi connectivity index (χ0n) is 11.6. The van der Waals surface area contributed by atoms with Gasteiger partial charge < -0.3 is 29.7 Å². The fourth-order valence-corrected chi connectivity index (χ4v) is 2.99. The Balaban J connectivity index is 2.10. The van der Waals surface area contributed by atoms with Crippen molar-refractivity contribution in [3.8, 4) is 0 Å². The molecule has 22 heavy (non-hydrogen) atoms. The third-order valence-corrected chi connectivity index (χ3v) is 4.33. The lowest BCUT2D eigenvalue weighted by molar-refractivity contribution is -0.250. The van der Waals surface area contributed by atoms with Crippen molar-refractivity contribution in [1.29, 1.82) is 0 Å². The van der Waals surface area contributed by atoms with Gasteiger partial charge in [-0.3, -0.25) is 0 Å². The van der Waals surface area contributed by atoms with E-state index in [2.05, 4.69) is 0 Å². The van der Waals surface area contributed by atoms with Crippen LogP contribution in [0.5, 0.6) is 0 Å². The van der Waals surface area contributed by atoms with Gasteiger partial charge >= 0.3 is 0 Å². The molecular weight excluding hydrogens is 306 g/mol. The van der Waals surface area contributed by atoms with Crippen LogP contribution >= 0.6 is 12.2 Å². The van der Waals surface area contributed by atoms with Crippen molar-refractivity contribution in [3.63, 3.8) is 0 Å². The van der Waals surface area contributed by atoms with Crippen molar-refractivity contribution in [2.75, 3.05) is 6.61 Å². The number of nitrogens with zero attached hydrogens (tertiary/aromatic N) is 1. The molecule has 0 saturated carbocycles. The van der Waals surface area contributed by atoms with Gasteiger partial charge in [0.1, 0.15) is 24.4 Å². The first-order valence-electron chi connectivity index (χ1n) is 6.95. The van der Waals surface area contributed by atoms with Crippen LogP contribution in [-0.4, -0.2) is 56.0 Å². The highest BCUT2D eigenvalue weighted by atomic mass is 32.1. The molecule has 3 rings (SSSR count). The Labute approximate surface area is 131 Å². The summed E-state index contributed by atoms with van der Waals surface area (Å²) in [5.74, 6) is 0. The van der Waals surface area contributed by atoms with Crippen molar-refractivity contribution in [3.05, 3.63) is 41.0 Å². The molecule has 118 valence electrons. The zero-order chi connectivity index (χ0) is 15.9. The van der Waals surface area contributed by atoms with E-state index in [1.807, 2.05) is 24.3 Å². The molecular formula is C15H17NO5S. The summed E-state index contributed by atoms with van der Waals surface area (Å²) in [4.78, 5) is 0. The molecule has 2 aromatic rings. The van der Waals surface area contributed by atoms with Crippen LogP contribution in [0, 0.1) is 4.51 Å². The number of para-hydroxylation sites is 1. The summed E-state index contributed by atoms with van der Waals surface area (Å²) in [6.07, 6.45) is -4.33. The van der Waals surface area contributed by atoms with Crippen LogP contribution in [-0.2, 0) is 4.74 Å². The lowest BCUT2D eigenvalue weighted by atomic mass is 9.98. The Morgan fingerprint density at radius 3 is 2.50 bits per heavy atom. The van der Waals surface area contributed by atoms with Gasteiger partial charge in [-0.2, -0.15) is 0 Å². The van der Waals surface area contributed by atoms with Crippen molar-refractivity contribution in [2.45, 2.75) is 30.6 Å². The molecule has 5 atom stereocenters. The monoisotopic (exact) mass is 323 g/mol. The largest absolute Gasteiger partial charge is 0.394 e. The fraction of sp³-hybridized carbons (Fsp3) is 0.400. The molecule has 2 heterocycles. The number of aromatic nitrogens is 1. The Hall–Kier alpha value is -1.35. The number of pyridine rings is 1. The van der Waals surface area contributed by atoms with E-state index < -0.39 is 37.3 Å². The minimum atomic E-state index is -1.41. The number of aliphatic hydroxyl groups excluding tert-OH is 4. The second-order valence-electron chi connectivity index (χ2n) is 5.32. The third kappa shape index (κ3) is 2.45. The molecule has 1 aliphatic rings. The van der Waals surface area contributed by atoms with Gasteiger partial charge in [0.25, 0.3) is 0 Å². The molecule has 0 radical (unpaired) electrons. The number of ether oxygens (including phenoxy) is 1. The molecule has 7 heteroatoms. The predicted molar refractivity (Wildman–Crippen MR) is 81.8 cm³/mol. The topological polar surface area (TPSA) is 95.1 Å². The number of rotatable bonds is 2. The minimum absolute atomic E-state index is 0.459. The smallest absolute Gasteiger partial charge is 0.163 e. The van der Waals surface area contributed by atoms with Crippen LogP contribution in [0.2, 0.25) is 0 Å². The van der Waals surface area contributed by atoms with Gasteiger partial charge in [-0.25, -0.2) is 0 Å². The maximum atomic E-state index is 10.2. The van der Waals surface area contributed by atoms with E-state index in [0.717, 1.165) is 10.9 Å². The third-order valence-electron chi connectivity index (χ3n) is 3.98. The molecule has 0 spiro atoms. The lowest BCUT2D eigenvalue weighted by Crippen LogP contribution is -2.56. The van der Waals surface area contributed by atoms with Crippen LogP contribution in [0.4, 0.5) is 0 Å². The average molecular weight is 323 g/mol. The Bertz CT molecular complexity index is 731. The van der Waals surface area contributed by atoms with E-state index >= 15 is 0 Å². The van der Waals surface area contributed by atoms with E-state index in [-0.39, 0.29) is 0 Å². The molecule has 1 unspecified atom stereocenters. The van der Waals surface area contributed by atoms with Crippen molar-refractivity contribution < 1.29 is 25.2 Å². The van der Waals surface area contributed by atoms with Gasteiger partial charge in [-0.15, -0.1) is 0 Å². The molecule has 1 aromatic heterocycles. The van der Waals surface area contributed by atoms with Gasteiger partial charge in [-0.1, -0.05) is 30.4 Å². The first-order chi connectivity index (χ1) is 10.5. The van der Waals surface area contributed by atoms with Gasteiger partial charge in [0.05, 0.1) is 12.1 Å². The minimum Gasteiger partial charge on any atom is -0.394 e. The molecule has 6 nitrogen and oxygen atoms in total. The summed E-state index contributed by atoms with van der Waals surface area (Å²) < 4.78 is 7.89. The normalized spacial score (nSPS) is 32.3. The highest BCUT2D eigenvalue weighted by Gasteiger charge is 2.44. The molecule has 0 bridgehead atoms. The Morgan fingerprint density at radius 1 is 1.05 bits per heavy atom. The maximum absolute atomic E-state index is 10.2. The quantitative estimate of drug-likeness (QED) is 0.596. The molecule has 0 aliphatic carbocycles. The Morgan fingerprint density at radius 2 is 1.77 bits per heavy atom. The summed E-state index contributed by atoms with van der Waals surface area (Å²) in [6, 6.07) is 9.08. The van der Waals surface area contributed by atoms with Gasteiger partial charge in [-0.05, 0) is 12.1 Å². The Kier molecular flexibility index (Phi) is 4.26. The molecule has 1 saturated heterocycles. The number of hydrogen-bond donors (Lipinski definition) is 4. The molecule has 1 fully saturated rings. The number of hydrogen-bond acceptors (Lipinski definition) is 6. The molecule has 1 aromatic carbocycles. The van der Waals surface area contributed by atoms with Gasteiger partial charge in [0, 0.05) is 16.1 Å². The molecule has 1 aliphatic heterocycles.